The number of nitrogens with one attached hydrogen (secondary N) is 1. The highest BCUT2D eigenvalue weighted by Crippen LogP contribution is 2.18. The standard InChI is InChI=1S/C8H12N4/c1-9-7-5-8(11-6-10-7)12-3-2-4-12/h5-6H,2-4H2,1H3,(H,9,10,11). The second-order valence-corrected chi connectivity index (χ2v) is 2.85. The molecular weight excluding hydrogens is 152 g/mol. The van der Waals surface area contributed by atoms with E-state index in [1.807, 2.05) is 13.1 Å². The van der Waals surface area contributed by atoms with Gasteiger partial charge in [-0.2, -0.15) is 0 Å². The predicted octanol–water partition coefficient (Wildman–Crippen LogP) is 0.728. The molecule has 1 fully saturated rings. The van der Waals surface area contributed by atoms with Gasteiger partial charge in [0, 0.05) is 26.2 Å². The van der Waals surface area contributed by atoms with Gasteiger partial charge in [-0.15, -0.1) is 0 Å². The average Bonchev–Trinajstić information content (AvgIpc) is 2.02. The minimum atomic E-state index is 0.881. The first-order chi connectivity index (χ1) is 5.90. The Balaban J connectivity index is 2.19. The first kappa shape index (κ1) is 7.34. The van der Waals surface area contributed by atoms with Gasteiger partial charge in [-0.1, -0.05) is 0 Å². The van der Waals surface area contributed by atoms with Gasteiger partial charge >= 0.3 is 0 Å². The Morgan fingerprint density at radius 3 is 2.83 bits per heavy atom. The third-order valence-corrected chi connectivity index (χ3v) is 2.09. The number of anilines is 2. The van der Waals surface area contributed by atoms with E-state index in [1.54, 1.807) is 6.33 Å². The van der Waals surface area contributed by atoms with E-state index in [9.17, 15) is 0 Å². The summed E-state index contributed by atoms with van der Waals surface area (Å²) in [5.74, 6) is 1.91. The van der Waals surface area contributed by atoms with Crippen molar-refractivity contribution < 1.29 is 0 Å². The van der Waals surface area contributed by atoms with Gasteiger partial charge in [0.25, 0.3) is 0 Å². The van der Waals surface area contributed by atoms with Crippen molar-refractivity contribution in [3.8, 4) is 0 Å². The van der Waals surface area contributed by atoms with Crippen LogP contribution in [-0.4, -0.2) is 30.1 Å². The Bertz CT molecular complexity index is 270. The van der Waals surface area contributed by atoms with Crippen LogP contribution < -0.4 is 10.2 Å². The van der Waals surface area contributed by atoms with Crippen molar-refractivity contribution in [2.45, 2.75) is 6.42 Å². The van der Waals surface area contributed by atoms with Gasteiger partial charge in [-0.25, -0.2) is 9.97 Å². The second kappa shape index (κ2) is 2.97. The smallest absolute Gasteiger partial charge is 0.134 e. The van der Waals surface area contributed by atoms with E-state index in [4.69, 9.17) is 0 Å². The number of hydrogen-bond acceptors (Lipinski definition) is 4. The molecule has 0 aromatic carbocycles. The SMILES string of the molecule is CNc1cc(N2CCC2)ncn1. The van der Waals surface area contributed by atoms with E-state index < -0.39 is 0 Å². The summed E-state index contributed by atoms with van der Waals surface area (Å²) in [6, 6.07) is 1.97. The molecule has 2 heterocycles. The molecule has 0 radical (unpaired) electrons. The van der Waals surface area contributed by atoms with Crippen molar-refractivity contribution in [3.63, 3.8) is 0 Å². The third-order valence-electron chi connectivity index (χ3n) is 2.09. The molecule has 0 saturated carbocycles. The summed E-state index contributed by atoms with van der Waals surface area (Å²) >= 11 is 0. The molecule has 0 amide bonds. The first-order valence-electron chi connectivity index (χ1n) is 4.15. The van der Waals surface area contributed by atoms with Crippen LogP contribution in [0.2, 0.25) is 0 Å². The molecular formula is C8H12N4. The molecule has 1 aliphatic rings. The maximum Gasteiger partial charge on any atom is 0.134 e. The normalized spacial score (nSPS) is 15.6. The van der Waals surface area contributed by atoms with E-state index in [2.05, 4.69) is 20.2 Å². The summed E-state index contributed by atoms with van der Waals surface area (Å²) in [5, 5.41) is 2.99. The van der Waals surface area contributed by atoms with Crippen LogP contribution in [0.1, 0.15) is 6.42 Å². The molecule has 1 aromatic rings. The highest BCUT2D eigenvalue weighted by molar-refractivity contribution is 5.49. The predicted molar refractivity (Wildman–Crippen MR) is 48.4 cm³/mol. The minimum absolute atomic E-state index is 0.881. The van der Waals surface area contributed by atoms with Crippen LogP contribution >= 0.6 is 0 Å². The van der Waals surface area contributed by atoms with Crippen LogP contribution in [0.3, 0.4) is 0 Å². The van der Waals surface area contributed by atoms with Crippen LogP contribution in [0.25, 0.3) is 0 Å². The molecule has 0 spiro atoms. The summed E-state index contributed by atoms with van der Waals surface area (Å²) in [7, 11) is 1.86. The molecule has 64 valence electrons. The number of hydrogen-bond donors (Lipinski definition) is 1. The van der Waals surface area contributed by atoms with Gasteiger partial charge in [0.1, 0.15) is 18.0 Å². The fraction of sp³-hybridized carbons (Fsp3) is 0.500. The number of aromatic nitrogens is 2. The van der Waals surface area contributed by atoms with E-state index in [0.717, 1.165) is 24.7 Å². The fourth-order valence-corrected chi connectivity index (χ4v) is 1.20. The number of rotatable bonds is 2. The third kappa shape index (κ3) is 1.20. The molecule has 4 heteroatoms. The van der Waals surface area contributed by atoms with Crippen LogP contribution in [0.4, 0.5) is 11.6 Å². The lowest BCUT2D eigenvalue weighted by atomic mass is 10.2. The molecule has 1 saturated heterocycles. The number of nitrogens with zero attached hydrogens (tertiary/aromatic N) is 3. The van der Waals surface area contributed by atoms with Gasteiger partial charge in [0.15, 0.2) is 0 Å². The van der Waals surface area contributed by atoms with Crippen molar-refractivity contribution in [2.75, 3.05) is 30.4 Å². The second-order valence-electron chi connectivity index (χ2n) is 2.85. The Kier molecular flexibility index (Phi) is 1.81. The monoisotopic (exact) mass is 164 g/mol. The molecule has 1 aromatic heterocycles. The highest BCUT2D eigenvalue weighted by atomic mass is 15.2. The maximum atomic E-state index is 4.18. The molecule has 1 N–H and O–H groups in total. The van der Waals surface area contributed by atoms with Crippen molar-refractivity contribution in [2.24, 2.45) is 0 Å². The zero-order valence-corrected chi connectivity index (χ0v) is 7.12. The van der Waals surface area contributed by atoms with Crippen molar-refractivity contribution in [1.82, 2.24) is 9.97 Å². The minimum Gasteiger partial charge on any atom is -0.373 e. The molecule has 1 aliphatic heterocycles. The summed E-state index contributed by atoms with van der Waals surface area (Å²) in [6.45, 7) is 2.25. The van der Waals surface area contributed by atoms with E-state index in [-0.39, 0.29) is 0 Å². The molecule has 0 unspecified atom stereocenters. The Hall–Kier alpha value is -1.32. The highest BCUT2D eigenvalue weighted by Gasteiger charge is 2.15. The summed E-state index contributed by atoms with van der Waals surface area (Å²) in [6.07, 6.45) is 2.87. The molecule has 2 rings (SSSR count). The lowest BCUT2D eigenvalue weighted by Crippen LogP contribution is -2.37. The molecule has 0 aliphatic carbocycles. The zero-order chi connectivity index (χ0) is 8.39. The molecule has 0 bridgehead atoms. The van der Waals surface area contributed by atoms with Gasteiger partial charge < -0.3 is 10.2 Å². The quantitative estimate of drug-likeness (QED) is 0.699. The Morgan fingerprint density at radius 2 is 2.25 bits per heavy atom. The summed E-state index contributed by atoms with van der Waals surface area (Å²) < 4.78 is 0. The van der Waals surface area contributed by atoms with E-state index >= 15 is 0 Å². The molecule has 4 nitrogen and oxygen atoms in total. The Morgan fingerprint density at radius 1 is 1.42 bits per heavy atom. The van der Waals surface area contributed by atoms with Gasteiger partial charge in [-0.3, -0.25) is 0 Å². The largest absolute Gasteiger partial charge is 0.373 e. The lowest BCUT2D eigenvalue weighted by molar-refractivity contribution is 0.609. The maximum absolute atomic E-state index is 4.18. The topological polar surface area (TPSA) is 41.0 Å². The van der Waals surface area contributed by atoms with E-state index in [1.165, 1.54) is 6.42 Å². The Labute approximate surface area is 71.6 Å². The van der Waals surface area contributed by atoms with Crippen molar-refractivity contribution in [1.29, 1.82) is 0 Å². The van der Waals surface area contributed by atoms with Crippen molar-refractivity contribution in [3.05, 3.63) is 12.4 Å². The van der Waals surface area contributed by atoms with Gasteiger partial charge in [0.2, 0.25) is 0 Å². The van der Waals surface area contributed by atoms with Gasteiger partial charge in [-0.05, 0) is 6.42 Å². The first-order valence-corrected chi connectivity index (χ1v) is 4.15. The van der Waals surface area contributed by atoms with Crippen LogP contribution in [0.15, 0.2) is 12.4 Å². The molecule has 0 atom stereocenters. The summed E-state index contributed by atoms with van der Waals surface area (Å²) in [5.41, 5.74) is 0. The average molecular weight is 164 g/mol. The van der Waals surface area contributed by atoms with E-state index in [0.29, 0.717) is 0 Å². The van der Waals surface area contributed by atoms with Crippen LogP contribution in [0, 0.1) is 0 Å². The summed E-state index contributed by atoms with van der Waals surface area (Å²) in [4.78, 5) is 10.5. The zero-order valence-electron chi connectivity index (χ0n) is 7.12. The fourth-order valence-electron chi connectivity index (χ4n) is 1.20. The van der Waals surface area contributed by atoms with Gasteiger partial charge in [0.05, 0.1) is 0 Å². The van der Waals surface area contributed by atoms with Crippen LogP contribution in [-0.2, 0) is 0 Å². The van der Waals surface area contributed by atoms with Crippen LogP contribution in [0.5, 0.6) is 0 Å². The molecule has 12 heavy (non-hydrogen) atoms. The lowest BCUT2D eigenvalue weighted by Gasteiger charge is -2.31. The van der Waals surface area contributed by atoms with Crippen molar-refractivity contribution >= 4 is 11.6 Å².